The van der Waals surface area contributed by atoms with Crippen LogP contribution >= 0.6 is 0 Å². The molecule has 4 rings (SSSR count). The largest absolute Gasteiger partial charge is 0.496 e. The van der Waals surface area contributed by atoms with Gasteiger partial charge in [0.2, 0.25) is 0 Å². The van der Waals surface area contributed by atoms with Crippen molar-refractivity contribution >= 4 is 10.8 Å². The lowest BCUT2D eigenvalue weighted by Gasteiger charge is -2.39. The summed E-state index contributed by atoms with van der Waals surface area (Å²) < 4.78 is 16.7. The first-order valence-corrected chi connectivity index (χ1v) is 10.3. The van der Waals surface area contributed by atoms with Gasteiger partial charge in [-0.25, -0.2) is 0 Å². The van der Waals surface area contributed by atoms with Crippen LogP contribution < -0.4 is 14.2 Å². The van der Waals surface area contributed by atoms with Crippen LogP contribution in [0.2, 0.25) is 0 Å². The standard InChI is InChI=1S/C25H29NO4/c1-28-21-12-11-18(24-19(21)7-6-10-23(24)30-3)17-26-15-13-25(27,14-16-26)20-8-4-5-9-22(20)29-2/h4-12,27H,13-17H2,1-3H3. The number of ether oxygens (including phenoxy) is 3. The molecule has 0 aliphatic carbocycles. The molecule has 5 nitrogen and oxygen atoms in total. The molecule has 158 valence electrons. The van der Waals surface area contributed by atoms with Crippen LogP contribution in [0.3, 0.4) is 0 Å². The average molecular weight is 408 g/mol. The van der Waals surface area contributed by atoms with Crippen LogP contribution in [0.1, 0.15) is 24.0 Å². The topological polar surface area (TPSA) is 51.2 Å². The molecule has 1 N–H and O–H groups in total. The molecule has 1 saturated heterocycles. The van der Waals surface area contributed by atoms with E-state index in [4.69, 9.17) is 14.2 Å². The van der Waals surface area contributed by atoms with E-state index in [1.165, 1.54) is 5.56 Å². The molecule has 30 heavy (non-hydrogen) atoms. The van der Waals surface area contributed by atoms with Crippen molar-refractivity contribution in [2.24, 2.45) is 0 Å². The van der Waals surface area contributed by atoms with E-state index in [0.717, 1.165) is 53.2 Å². The molecule has 0 bridgehead atoms. The van der Waals surface area contributed by atoms with Gasteiger partial charge in [-0.2, -0.15) is 0 Å². The van der Waals surface area contributed by atoms with Gasteiger partial charge in [0, 0.05) is 36.0 Å². The number of para-hydroxylation sites is 1. The maximum absolute atomic E-state index is 11.3. The van der Waals surface area contributed by atoms with Crippen molar-refractivity contribution in [1.29, 1.82) is 0 Å². The Morgan fingerprint density at radius 2 is 1.47 bits per heavy atom. The minimum absolute atomic E-state index is 0.665. The maximum atomic E-state index is 11.3. The normalized spacial score (nSPS) is 16.4. The van der Waals surface area contributed by atoms with Crippen LogP contribution in [0, 0.1) is 0 Å². The number of hydrogen-bond acceptors (Lipinski definition) is 5. The summed E-state index contributed by atoms with van der Waals surface area (Å²) in [6.07, 6.45) is 1.33. The molecular formula is C25H29NO4. The lowest BCUT2D eigenvalue weighted by atomic mass is 9.83. The minimum Gasteiger partial charge on any atom is -0.496 e. The highest BCUT2D eigenvalue weighted by Crippen LogP contribution is 2.39. The smallest absolute Gasteiger partial charge is 0.127 e. The number of methoxy groups -OCH3 is 3. The number of likely N-dealkylation sites (tertiary alicyclic amines) is 1. The Bertz CT molecular complexity index is 1020. The van der Waals surface area contributed by atoms with E-state index in [-0.39, 0.29) is 0 Å². The Morgan fingerprint density at radius 3 is 2.17 bits per heavy atom. The number of piperidine rings is 1. The highest BCUT2D eigenvalue weighted by Gasteiger charge is 2.36. The van der Waals surface area contributed by atoms with Crippen molar-refractivity contribution < 1.29 is 19.3 Å². The molecule has 0 aromatic heterocycles. The van der Waals surface area contributed by atoms with Gasteiger partial charge in [-0.3, -0.25) is 4.90 Å². The summed E-state index contributed by atoms with van der Waals surface area (Å²) >= 11 is 0. The van der Waals surface area contributed by atoms with Gasteiger partial charge in [0.15, 0.2) is 0 Å². The van der Waals surface area contributed by atoms with Crippen LogP contribution in [-0.4, -0.2) is 44.4 Å². The van der Waals surface area contributed by atoms with Crippen molar-refractivity contribution in [2.45, 2.75) is 25.0 Å². The van der Waals surface area contributed by atoms with Crippen molar-refractivity contribution in [3.63, 3.8) is 0 Å². The zero-order valence-corrected chi connectivity index (χ0v) is 17.9. The second-order valence-electron chi connectivity index (χ2n) is 7.82. The molecule has 3 aromatic carbocycles. The zero-order chi connectivity index (χ0) is 21.1. The van der Waals surface area contributed by atoms with Crippen LogP contribution in [0.25, 0.3) is 10.8 Å². The summed E-state index contributed by atoms with van der Waals surface area (Å²) in [5.41, 5.74) is 1.22. The predicted octanol–water partition coefficient (Wildman–Crippen LogP) is 4.35. The van der Waals surface area contributed by atoms with Gasteiger partial charge >= 0.3 is 0 Å². The Kier molecular flexibility index (Phi) is 5.84. The molecule has 0 spiro atoms. The summed E-state index contributed by atoms with van der Waals surface area (Å²) in [7, 11) is 5.04. The van der Waals surface area contributed by atoms with E-state index in [1.807, 2.05) is 42.5 Å². The van der Waals surface area contributed by atoms with E-state index < -0.39 is 5.60 Å². The quantitative estimate of drug-likeness (QED) is 0.658. The van der Waals surface area contributed by atoms with Gasteiger partial charge in [0.05, 0.1) is 26.9 Å². The number of aliphatic hydroxyl groups is 1. The van der Waals surface area contributed by atoms with Gasteiger partial charge in [-0.05, 0) is 36.6 Å². The monoisotopic (exact) mass is 407 g/mol. The molecule has 0 unspecified atom stereocenters. The van der Waals surface area contributed by atoms with Gasteiger partial charge < -0.3 is 19.3 Å². The first-order chi connectivity index (χ1) is 14.6. The second-order valence-corrected chi connectivity index (χ2v) is 7.82. The number of nitrogens with zero attached hydrogens (tertiary/aromatic N) is 1. The summed E-state index contributed by atoms with van der Waals surface area (Å²) in [4.78, 5) is 2.39. The highest BCUT2D eigenvalue weighted by molar-refractivity contribution is 5.95. The fourth-order valence-corrected chi connectivity index (χ4v) is 4.52. The van der Waals surface area contributed by atoms with E-state index in [9.17, 15) is 5.11 Å². The Hall–Kier alpha value is -2.76. The van der Waals surface area contributed by atoms with Crippen LogP contribution in [-0.2, 0) is 12.1 Å². The SMILES string of the molecule is COc1ccccc1C1(O)CCN(Cc2ccc(OC)c3cccc(OC)c23)CC1. The molecule has 1 fully saturated rings. The molecule has 0 amide bonds. The fraction of sp³-hybridized carbons (Fsp3) is 0.360. The van der Waals surface area contributed by atoms with Gasteiger partial charge in [-0.1, -0.05) is 36.4 Å². The van der Waals surface area contributed by atoms with Crippen LogP contribution in [0.5, 0.6) is 17.2 Å². The Balaban J connectivity index is 1.57. The third-order valence-electron chi connectivity index (χ3n) is 6.17. The highest BCUT2D eigenvalue weighted by atomic mass is 16.5. The number of benzene rings is 3. The molecule has 0 saturated carbocycles. The lowest BCUT2D eigenvalue weighted by molar-refractivity contribution is -0.0291. The molecule has 3 aromatic rings. The molecule has 0 radical (unpaired) electrons. The summed E-state index contributed by atoms with van der Waals surface area (Å²) in [5, 5.41) is 13.5. The van der Waals surface area contributed by atoms with Gasteiger partial charge in [-0.15, -0.1) is 0 Å². The van der Waals surface area contributed by atoms with Crippen molar-refractivity contribution in [1.82, 2.24) is 4.90 Å². The van der Waals surface area contributed by atoms with E-state index in [2.05, 4.69) is 17.0 Å². The summed E-state index contributed by atoms with van der Waals surface area (Å²) in [6, 6.07) is 17.9. The van der Waals surface area contributed by atoms with Crippen molar-refractivity contribution in [3.8, 4) is 17.2 Å². The first kappa shape index (κ1) is 20.5. The maximum Gasteiger partial charge on any atom is 0.127 e. The Labute approximate surface area is 177 Å². The van der Waals surface area contributed by atoms with Gasteiger partial charge in [0.1, 0.15) is 17.2 Å². The second kappa shape index (κ2) is 8.54. The Morgan fingerprint density at radius 1 is 0.800 bits per heavy atom. The number of rotatable bonds is 6. The van der Waals surface area contributed by atoms with Crippen LogP contribution in [0.15, 0.2) is 54.6 Å². The van der Waals surface area contributed by atoms with E-state index in [1.54, 1.807) is 21.3 Å². The number of fused-ring (bicyclic) bond motifs is 1. The van der Waals surface area contributed by atoms with E-state index in [0.29, 0.717) is 12.8 Å². The number of hydrogen-bond donors (Lipinski definition) is 1. The molecule has 1 aliphatic rings. The molecule has 0 atom stereocenters. The summed E-state index contributed by atoms with van der Waals surface area (Å²) in [5.74, 6) is 2.44. The minimum atomic E-state index is -0.858. The third-order valence-corrected chi connectivity index (χ3v) is 6.17. The molecule has 1 heterocycles. The van der Waals surface area contributed by atoms with Crippen molar-refractivity contribution in [2.75, 3.05) is 34.4 Å². The zero-order valence-electron chi connectivity index (χ0n) is 17.9. The third kappa shape index (κ3) is 3.71. The van der Waals surface area contributed by atoms with E-state index >= 15 is 0 Å². The molecule has 1 aliphatic heterocycles. The van der Waals surface area contributed by atoms with Crippen molar-refractivity contribution in [3.05, 3.63) is 65.7 Å². The predicted molar refractivity (Wildman–Crippen MR) is 118 cm³/mol. The average Bonchev–Trinajstić information content (AvgIpc) is 2.80. The fourth-order valence-electron chi connectivity index (χ4n) is 4.52. The van der Waals surface area contributed by atoms with Crippen LogP contribution in [0.4, 0.5) is 0 Å². The molecule has 5 heteroatoms. The summed E-state index contributed by atoms with van der Waals surface area (Å²) in [6.45, 7) is 2.40. The first-order valence-electron chi connectivity index (χ1n) is 10.3. The lowest BCUT2D eigenvalue weighted by Crippen LogP contribution is -2.42. The molecular weight excluding hydrogens is 378 g/mol. The van der Waals surface area contributed by atoms with Gasteiger partial charge in [0.25, 0.3) is 0 Å².